The Morgan fingerprint density at radius 1 is 1.05 bits per heavy atom. The summed E-state index contributed by atoms with van der Waals surface area (Å²) in [6.45, 7) is 10.8. The summed E-state index contributed by atoms with van der Waals surface area (Å²) in [4.78, 5) is 13.5. The molecule has 20 heavy (non-hydrogen) atoms. The Kier molecular flexibility index (Phi) is 7.61. The van der Waals surface area contributed by atoms with Crippen LogP contribution in [0.1, 0.15) is 85.5 Å². The quantitative estimate of drug-likeness (QED) is 0.572. The molecule has 1 rings (SSSR count). The molecule has 1 amide bonds. The van der Waals surface area contributed by atoms with Gasteiger partial charge in [0.2, 0.25) is 5.91 Å². The van der Waals surface area contributed by atoms with Gasteiger partial charge in [-0.1, -0.05) is 52.9 Å². The molecule has 2 heteroatoms. The lowest BCUT2D eigenvalue weighted by Gasteiger charge is -2.43. The number of hydrogen-bond acceptors (Lipinski definition) is 1. The molecule has 1 aliphatic heterocycles. The molecule has 1 unspecified atom stereocenters. The van der Waals surface area contributed by atoms with E-state index in [2.05, 4.69) is 20.8 Å². The van der Waals surface area contributed by atoms with Crippen LogP contribution >= 0.6 is 0 Å². The molecule has 1 aliphatic rings. The van der Waals surface area contributed by atoms with Gasteiger partial charge in [0.15, 0.2) is 0 Å². The maximum atomic E-state index is 11.5. The molecule has 1 heterocycles. The fourth-order valence-corrected chi connectivity index (χ4v) is 3.95. The number of hydrogen-bond donors (Lipinski definition) is 0. The Bertz CT molecular complexity index is 281. The SMILES string of the molecule is CCCCCCC(C)(CCC)C1CCN(C(C)=O)CC1. The van der Waals surface area contributed by atoms with Gasteiger partial charge in [0, 0.05) is 20.0 Å². The highest BCUT2D eigenvalue weighted by Crippen LogP contribution is 2.43. The van der Waals surface area contributed by atoms with Crippen LogP contribution in [0.5, 0.6) is 0 Å². The first kappa shape index (κ1) is 17.5. The summed E-state index contributed by atoms with van der Waals surface area (Å²) < 4.78 is 0. The minimum Gasteiger partial charge on any atom is -0.343 e. The molecule has 1 fully saturated rings. The third-order valence-corrected chi connectivity index (χ3v) is 5.35. The number of piperidine rings is 1. The highest BCUT2D eigenvalue weighted by atomic mass is 16.2. The Labute approximate surface area is 126 Å². The highest BCUT2D eigenvalue weighted by Gasteiger charge is 2.35. The molecule has 0 aromatic heterocycles. The largest absolute Gasteiger partial charge is 0.343 e. The van der Waals surface area contributed by atoms with Crippen LogP contribution in [0.4, 0.5) is 0 Å². The maximum Gasteiger partial charge on any atom is 0.219 e. The maximum absolute atomic E-state index is 11.5. The van der Waals surface area contributed by atoms with Gasteiger partial charge in [-0.3, -0.25) is 4.79 Å². The predicted molar refractivity (Wildman–Crippen MR) is 86.8 cm³/mol. The number of rotatable bonds is 8. The van der Waals surface area contributed by atoms with Crippen LogP contribution in [-0.4, -0.2) is 23.9 Å². The second-order valence-corrected chi connectivity index (χ2v) is 7.00. The van der Waals surface area contributed by atoms with E-state index in [9.17, 15) is 4.79 Å². The minimum atomic E-state index is 0.253. The zero-order valence-electron chi connectivity index (χ0n) is 14.2. The van der Waals surface area contributed by atoms with Crippen molar-refractivity contribution in [3.8, 4) is 0 Å². The number of likely N-dealkylation sites (tertiary alicyclic amines) is 1. The number of carbonyl (C=O) groups excluding carboxylic acids is 1. The molecule has 118 valence electrons. The molecule has 0 spiro atoms. The van der Waals surface area contributed by atoms with E-state index in [1.54, 1.807) is 6.92 Å². The number of nitrogens with zero attached hydrogens (tertiary/aromatic N) is 1. The molecule has 0 radical (unpaired) electrons. The van der Waals surface area contributed by atoms with Crippen LogP contribution < -0.4 is 0 Å². The van der Waals surface area contributed by atoms with Gasteiger partial charge in [0.05, 0.1) is 0 Å². The van der Waals surface area contributed by atoms with Gasteiger partial charge >= 0.3 is 0 Å². The summed E-state index contributed by atoms with van der Waals surface area (Å²) in [5, 5.41) is 0. The Balaban J connectivity index is 2.50. The second-order valence-electron chi connectivity index (χ2n) is 7.00. The van der Waals surface area contributed by atoms with E-state index in [1.807, 2.05) is 4.90 Å². The van der Waals surface area contributed by atoms with Crippen molar-refractivity contribution in [1.82, 2.24) is 4.90 Å². The third-order valence-electron chi connectivity index (χ3n) is 5.35. The van der Waals surface area contributed by atoms with Gasteiger partial charge in [-0.05, 0) is 37.0 Å². The Morgan fingerprint density at radius 2 is 1.70 bits per heavy atom. The van der Waals surface area contributed by atoms with Crippen LogP contribution in [0.25, 0.3) is 0 Å². The fourth-order valence-electron chi connectivity index (χ4n) is 3.95. The van der Waals surface area contributed by atoms with Crippen LogP contribution in [0, 0.1) is 11.3 Å². The second kappa shape index (κ2) is 8.69. The van der Waals surface area contributed by atoms with E-state index >= 15 is 0 Å². The van der Waals surface area contributed by atoms with E-state index in [1.165, 1.54) is 57.8 Å². The topological polar surface area (TPSA) is 20.3 Å². The van der Waals surface area contributed by atoms with Gasteiger partial charge < -0.3 is 4.90 Å². The van der Waals surface area contributed by atoms with Crippen molar-refractivity contribution in [2.24, 2.45) is 11.3 Å². The summed E-state index contributed by atoms with van der Waals surface area (Å²) >= 11 is 0. The summed E-state index contributed by atoms with van der Waals surface area (Å²) in [5.74, 6) is 1.07. The first-order valence-corrected chi connectivity index (χ1v) is 8.79. The van der Waals surface area contributed by atoms with Gasteiger partial charge in [0.1, 0.15) is 0 Å². The minimum absolute atomic E-state index is 0.253. The average Bonchev–Trinajstić information content (AvgIpc) is 2.44. The van der Waals surface area contributed by atoms with E-state index in [-0.39, 0.29) is 5.91 Å². The van der Waals surface area contributed by atoms with Crippen LogP contribution in [0.2, 0.25) is 0 Å². The van der Waals surface area contributed by atoms with Crippen molar-refractivity contribution in [2.45, 2.75) is 85.5 Å². The third kappa shape index (κ3) is 5.10. The van der Waals surface area contributed by atoms with Gasteiger partial charge in [-0.25, -0.2) is 0 Å². The van der Waals surface area contributed by atoms with E-state index in [0.717, 1.165) is 19.0 Å². The summed E-state index contributed by atoms with van der Waals surface area (Å²) in [7, 11) is 0. The number of carbonyl (C=O) groups is 1. The molecule has 0 aromatic rings. The number of amides is 1. The summed E-state index contributed by atoms with van der Waals surface area (Å²) in [6, 6.07) is 0. The standard InChI is InChI=1S/C18H35NO/c1-5-7-8-9-13-18(4,12-6-2)17-10-14-19(15-11-17)16(3)20/h17H,5-15H2,1-4H3. The Morgan fingerprint density at radius 3 is 2.20 bits per heavy atom. The molecular formula is C18H35NO. The molecule has 0 N–H and O–H groups in total. The van der Waals surface area contributed by atoms with Gasteiger partial charge in [-0.15, -0.1) is 0 Å². The highest BCUT2D eigenvalue weighted by molar-refractivity contribution is 5.73. The van der Waals surface area contributed by atoms with Gasteiger partial charge in [-0.2, -0.15) is 0 Å². The van der Waals surface area contributed by atoms with Crippen LogP contribution in [0.3, 0.4) is 0 Å². The molecule has 2 nitrogen and oxygen atoms in total. The van der Waals surface area contributed by atoms with E-state index < -0.39 is 0 Å². The average molecular weight is 281 g/mol. The fraction of sp³-hybridized carbons (Fsp3) is 0.944. The predicted octanol–water partition coefficient (Wildman–Crippen LogP) is 5.02. The van der Waals surface area contributed by atoms with Crippen molar-refractivity contribution in [1.29, 1.82) is 0 Å². The molecule has 0 aromatic carbocycles. The molecular weight excluding hydrogens is 246 g/mol. The normalized spacial score (nSPS) is 19.9. The Hall–Kier alpha value is -0.530. The van der Waals surface area contributed by atoms with Crippen molar-refractivity contribution in [3.05, 3.63) is 0 Å². The van der Waals surface area contributed by atoms with E-state index in [4.69, 9.17) is 0 Å². The van der Waals surface area contributed by atoms with Crippen molar-refractivity contribution in [2.75, 3.05) is 13.1 Å². The molecule has 0 bridgehead atoms. The van der Waals surface area contributed by atoms with Gasteiger partial charge in [0.25, 0.3) is 0 Å². The summed E-state index contributed by atoms with van der Waals surface area (Å²) in [5.41, 5.74) is 0.505. The molecule has 1 saturated heterocycles. The van der Waals surface area contributed by atoms with Crippen molar-refractivity contribution in [3.63, 3.8) is 0 Å². The molecule has 0 saturated carbocycles. The lowest BCUT2D eigenvalue weighted by molar-refractivity contribution is -0.130. The first-order chi connectivity index (χ1) is 9.53. The van der Waals surface area contributed by atoms with E-state index in [0.29, 0.717) is 5.41 Å². The lowest BCUT2D eigenvalue weighted by atomic mass is 9.67. The van der Waals surface area contributed by atoms with Crippen molar-refractivity contribution < 1.29 is 4.79 Å². The first-order valence-electron chi connectivity index (χ1n) is 8.79. The van der Waals surface area contributed by atoms with Crippen molar-refractivity contribution >= 4 is 5.91 Å². The zero-order chi connectivity index (χ0) is 15.0. The zero-order valence-corrected chi connectivity index (χ0v) is 14.2. The molecule has 1 atom stereocenters. The van der Waals surface area contributed by atoms with Crippen LogP contribution in [0.15, 0.2) is 0 Å². The summed E-state index contributed by atoms with van der Waals surface area (Å²) in [6.07, 6.45) is 11.9. The van der Waals surface area contributed by atoms with Crippen LogP contribution in [-0.2, 0) is 4.79 Å². The molecule has 0 aliphatic carbocycles. The number of unbranched alkanes of at least 4 members (excludes halogenated alkanes) is 3. The monoisotopic (exact) mass is 281 g/mol. The smallest absolute Gasteiger partial charge is 0.219 e. The lowest BCUT2D eigenvalue weighted by Crippen LogP contribution is -2.42.